The van der Waals surface area contributed by atoms with Gasteiger partial charge in [-0.25, -0.2) is 0 Å². The predicted octanol–water partition coefficient (Wildman–Crippen LogP) is -0.748. The monoisotopic (exact) mass is 258 g/mol. The van der Waals surface area contributed by atoms with E-state index in [1.807, 2.05) is 18.9 Å². The molecule has 0 radical (unpaired) electrons. The summed E-state index contributed by atoms with van der Waals surface area (Å²) >= 11 is 0. The standard InChI is InChI=1S/C12H26N4O2/c1-4-7-14-11(17)9-16(3)12(18)10-15(2)8-5-6-13/h4-10,13H2,1-3H3,(H,14,17). The van der Waals surface area contributed by atoms with Crippen molar-refractivity contribution < 1.29 is 9.59 Å². The van der Waals surface area contributed by atoms with Gasteiger partial charge < -0.3 is 16.0 Å². The molecule has 3 N–H and O–H groups in total. The van der Waals surface area contributed by atoms with Gasteiger partial charge in [-0.05, 0) is 33.0 Å². The van der Waals surface area contributed by atoms with Crippen LogP contribution in [0.1, 0.15) is 19.8 Å². The number of amides is 2. The van der Waals surface area contributed by atoms with E-state index in [-0.39, 0.29) is 18.4 Å². The van der Waals surface area contributed by atoms with Gasteiger partial charge >= 0.3 is 0 Å². The van der Waals surface area contributed by atoms with E-state index in [0.29, 0.717) is 19.6 Å². The third-order valence-corrected chi connectivity index (χ3v) is 2.53. The van der Waals surface area contributed by atoms with E-state index in [4.69, 9.17) is 5.73 Å². The summed E-state index contributed by atoms with van der Waals surface area (Å²) in [5, 5.41) is 2.74. The van der Waals surface area contributed by atoms with E-state index in [0.717, 1.165) is 19.4 Å². The minimum absolute atomic E-state index is 0.0545. The lowest BCUT2D eigenvalue weighted by Gasteiger charge is -2.21. The smallest absolute Gasteiger partial charge is 0.239 e. The van der Waals surface area contributed by atoms with Crippen molar-refractivity contribution in [1.29, 1.82) is 0 Å². The zero-order valence-corrected chi connectivity index (χ0v) is 11.7. The van der Waals surface area contributed by atoms with Crippen molar-refractivity contribution in [1.82, 2.24) is 15.1 Å². The summed E-state index contributed by atoms with van der Waals surface area (Å²) in [6.07, 6.45) is 1.76. The van der Waals surface area contributed by atoms with Crippen molar-refractivity contribution in [2.75, 3.05) is 46.8 Å². The van der Waals surface area contributed by atoms with Crippen molar-refractivity contribution in [3.63, 3.8) is 0 Å². The van der Waals surface area contributed by atoms with Gasteiger partial charge in [0, 0.05) is 13.6 Å². The normalized spacial score (nSPS) is 10.5. The van der Waals surface area contributed by atoms with Crippen LogP contribution in [0.2, 0.25) is 0 Å². The van der Waals surface area contributed by atoms with Crippen LogP contribution in [0.15, 0.2) is 0 Å². The Morgan fingerprint density at radius 3 is 2.44 bits per heavy atom. The fourth-order valence-electron chi connectivity index (χ4n) is 1.42. The SMILES string of the molecule is CCCNC(=O)CN(C)C(=O)CN(C)CCCN. The first-order valence-electron chi connectivity index (χ1n) is 6.40. The van der Waals surface area contributed by atoms with Crippen LogP contribution in [-0.2, 0) is 9.59 Å². The average Bonchev–Trinajstić information content (AvgIpc) is 2.33. The topological polar surface area (TPSA) is 78.7 Å². The van der Waals surface area contributed by atoms with Crippen LogP contribution >= 0.6 is 0 Å². The molecule has 0 unspecified atom stereocenters. The molecule has 0 aliphatic carbocycles. The lowest BCUT2D eigenvalue weighted by Crippen LogP contribution is -2.42. The second kappa shape index (κ2) is 9.85. The molecule has 0 aromatic carbocycles. The maximum Gasteiger partial charge on any atom is 0.239 e. The number of carbonyl (C=O) groups excluding carboxylic acids is 2. The summed E-state index contributed by atoms with van der Waals surface area (Å²) in [6.45, 7) is 4.48. The first-order chi connectivity index (χ1) is 8.51. The maximum atomic E-state index is 11.8. The number of rotatable bonds is 9. The summed E-state index contributed by atoms with van der Waals surface area (Å²) < 4.78 is 0. The average molecular weight is 258 g/mol. The lowest BCUT2D eigenvalue weighted by atomic mass is 10.3. The molecule has 0 fully saturated rings. The molecule has 6 nitrogen and oxygen atoms in total. The van der Waals surface area contributed by atoms with Crippen LogP contribution < -0.4 is 11.1 Å². The molecule has 0 heterocycles. The van der Waals surface area contributed by atoms with Gasteiger partial charge in [0.25, 0.3) is 0 Å². The van der Waals surface area contributed by atoms with Gasteiger partial charge in [0.15, 0.2) is 0 Å². The Kier molecular flexibility index (Phi) is 9.22. The summed E-state index contributed by atoms with van der Waals surface area (Å²) in [7, 11) is 3.52. The van der Waals surface area contributed by atoms with Gasteiger partial charge in [-0.15, -0.1) is 0 Å². The summed E-state index contributed by atoms with van der Waals surface area (Å²) in [6, 6.07) is 0. The molecular weight excluding hydrogens is 232 g/mol. The van der Waals surface area contributed by atoms with Gasteiger partial charge in [0.1, 0.15) is 0 Å². The summed E-state index contributed by atoms with van der Waals surface area (Å²) in [5.41, 5.74) is 5.40. The number of nitrogens with two attached hydrogens (primary N) is 1. The van der Waals surface area contributed by atoms with Crippen molar-refractivity contribution in [2.24, 2.45) is 5.73 Å². The van der Waals surface area contributed by atoms with Crippen molar-refractivity contribution in [3.05, 3.63) is 0 Å². The minimum Gasteiger partial charge on any atom is -0.355 e. The molecule has 0 saturated heterocycles. The fourth-order valence-corrected chi connectivity index (χ4v) is 1.42. The Balaban J connectivity index is 3.91. The first kappa shape index (κ1) is 16.9. The molecule has 0 bridgehead atoms. The van der Waals surface area contributed by atoms with Crippen LogP contribution in [0.3, 0.4) is 0 Å². The van der Waals surface area contributed by atoms with E-state index >= 15 is 0 Å². The number of hydrogen-bond acceptors (Lipinski definition) is 4. The molecular formula is C12H26N4O2. The number of nitrogens with zero attached hydrogens (tertiary/aromatic N) is 2. The van der Waals surface area contributed by atoms with Gasteiger partial charge in [-0.2, -0.15) is 0 Å². The van der Waals surface area contributed by atoms with Crippen molar-refractivity contribution >= 4 is 11.8 Å². The highest BCUT2D eigenvalue weighted by molar-refractivity contribution is 5.85. The van der Waals surface area contributed by atoms with E-state index in [1.165, 1.54) is 4.90 Å². The predicted molar refractivity (Wildman–Crippen MR) is 72.1 cm³/mol. The zero-order chi connectivity index (χ0) is 14.0. The molecule has 0 spiro atoms. The minimum atomic E-state index is -0.114. The summed E-state index contributed by atoms with van der Waals surface area (Å²) in [4.78, 5) is 26.6. The Morgan fingerprint density at radius 2 is 1.89 bits per heavy atom. The van der Waals surface area contributed by atoms with Gasteiger partial charge in [0.2, 0.25) is 11.8 Å². The molecule has 0 rings (SSSR count). The highest BCUT2D eigenvalue weighted by Crippen LogP contribution is 1.91. The Hall–Kier alpha value is -1.14. The Morgan fingerprint density at radius 1 is 1.22 bits per heavy atom. The van der Waals surface area contributed by atoms with Crippen LogP contribution in [0.5, 0.6) is 0 Å². The van der Waals surface area contributed by atoms with Crippen LogP contribution in [0.25, 0.3) is 0 Å². The Labute approximate surface area is 109 Å². The first-order valence-corrected chi connectivity index (χ1v) is 6.40. The van der Waals surface area contributed by atoms with Crippen LogP contribution in [0.4, 0.5) is 0 Å². The summed E-state index contributed by atoms with van der Waals surface area (Å²) in [5.74, 6) is -0.168. The molecule has 2 amide bonds. The molecule has 0 aromatic heterocycles. The van der Waals surface area contributed by atoms with E-state index in [1.54, 1.807) is 7.05 Å². The maximum absolute atomic E-state index is 11.8. The number of carbonyl (C=O) groups is 2. The molecule has 0 atom stereocenters. The largest absolute Gasteiger partial charge is 0.355 e. The van der Waals surface area contributed by atoms with Crippen LogP contribution in [0, 0.1) is 0 Å². The van der Waals surface area contributed by atoms with E-state index < -0.39 is 0 Å². The number of nitrogens with one attached hydrogen (secondary N) is 1. The number of likely N-dealkylation sites (N-methyl/N-ethyl adjacent to an activating group) is 2. The van der Waals surface area contributed by atoms with E-state index in [2.05, 4.69) is 5.32 Å². The van der Waals surface area contributed by atoms with Crippen molar-refractivity contribution in [2.45, 2.75) is 19.8 Å². The third kappa shape index (κ3) is 8.03. The zero-order valence-electron chi connectivity index (χ0n) is 11.7. The molecule has 0 aliphatic rings. The molecule has 0 aliphatic heterocycles. The van der Waals surface area contributed by atoms with Crippen molar-refractivity contribution in [3.8, 4) is 0 Å². The van der Waals surface area contributed by atoms with Gasteiger partial charge in [-0.3, -0.25) is 14.5 Å². The van der Waals surface area contributed by atoms with Crippen LogP contribution in [-0.4, -0.2) is 68.4 Å². The van der Waals surface area contributed by atoms with Gasteiger partial charge in [-0.1, -0.05) is 6.92 Å². The highest BCUT2D eigenvalue weighted by atomic mass is 16.2. The molecule has 0 aromatic rings. The second-order valence-electron chi connectivity index (χ2n) is 4.48. The highest BCUT2D eigenvalue weighted by Gasteiger charge is 2.14. The van der Waals surface area contributed by atoms with E-state index in [9.17, 15) is 9.59 Å². The lowest BCUT2D eigenvalue weighted by molar-refractivity contribution is -0.135. The quantitative estimate of drug-likeness (QED) is 0.570. The number of hydrogen-bond donors (Lipinski definition) is 2. The molecule has 18 heavy (non-hydrogen) atoms. The van der Waals surface area contributed by atoms with Gasteiger partial charge in [0.05, 0.1) is 13.1 Å². The third-order valence-electron chi connectivity index (χ3n) is 2.53. The second-order valence-corrected chi connectivity index (χ2v) is 4.48. The molecule has 106 valence electrons. The fraction of sp³-hybridized carbons (Fsp3) is 0.833. The molecule has 0 saturated carbocycles. The Bertz CT molecular complexity index is 258. The molecule has 6 heteroatoms.